The zero-order valence-corrected chi connectivity index (χ0v) is 13.0. The Morgan fingerprint density at radius 1 is 1.32 bits per heavy atom. The minimum absolute atomic E-state index is 0.110. The van der Waals surface area contributed by atoms with Crippen LogP contribution in [-0.2, 0) is 9.53 Å². The summed E-state index contributed by atoms with van der Waals surface area (Å²) in [6.45, 7) is 12.9. The molecule has 1 unspecified atom stereocenters. The van der Waals surface area contributed by atoms with Gasteiger partial charge in [0.25, 0.3) is 0 Å². The number of carbonyl (C=O) groups is 1. The Morgan fingerprint density at radius 3 is 2.47 bits per heavy atom. The van der Waals surface area contributed by atoms with Crippen LogP contribution in [0.3, 0.4) is 0 Å². The fourth-order valence-corrected chi connectivity index (χ4v) is 2.38. The van der Waals surface area contributed by atoms with Gasteiger partial charge in [0.2, 0.25) is 0 Å². The van der Waals surface area contributed by atoms with E-state index >= 15 is 0 Å². The lowest BCUT2D eigenvalue weighted by atomic mass is 9.82. The van der Waals surface area contributed by atoms with Gasteiger partial charge in [-0.3, -0.25) is 4.79 Å². The van der Waals surface area contributed by atoms with Crippen molar-refractivity contribution < 1.29 is 9.53 Å². The molecule has 1 heterocycles. The number of nitrogens with zero attached hydrogens (tertiary/aromatic N) is 1. The van der Waals surface area contributed by atoms with Gasteiger partial charge in [0, 0.05) is 6.54 Å². The summed E-state index contributed by atoms with van der Waals surface area (Å²) >= 11 is 0. The minimum Gasteiger partial charge on any atom is -0.465 e. The van der Waals surface area contributed by atoms with Crippen LogP contribution in [0, 0.1) is 5.41 Å². The maximum absolute atomic E-state index is 11.9. The molecular weight excluding hydrogens is 240 g/mol. The molecule has 0 spiro atoms. The largest absolute Gasteiger partial charge is 0.465 e. The highest BCUT2D eigenvalue weighted by Gasteiger charge is 2.28. The lowest BCUT2D eigenvalue weighted by molar-refractivity contribution is -0.146. The number of carbonyl (C=O) groups excluding carboxylic acids is 1. The van der Waals surface area contributed by atoms with Gasteiger partial charge in [0.15, 0.2) is 0 Å². The van der Waals surface area contributed by atoms with Crippen LogP contribution >= 0.6 is 0 Å². The van der Waals surface area contributed by atoms with E-state index in [0.717, 1.165) is 32.6 Å². The SMILES string of the molecule is CCCNC(CN1CCC(C)(C)CC1)C(=O)OCC. The summed E-state index contributed by atoms with van der Waals surface area (Å²) in [4.78, 5) is 14.3. The van der Waals surface area contributed by atoms with Crippen molar-refractivity contribution in [3.63, 3.8) is 0 Å². The fourth-order valence-electron chi connectivity index (χ4n) is 2.38. The first-order valence-corrected chi connectivity index (χ1v) is 7.61. The molecule has 112 valence electrons. The maximum Gasteiger partial charge on any atom is 0.324 e. The third-order valence-electron chi connectivity index (χ3n) is 3.86. The van der Waals surface area contributed by atoms with Gasteiger partial charge in [0.05, 0.1) is 6.61 Å². The second-order valence-corrected chi connectivity index (χ2v) is 6.22. The Morgan fingerprint density at radius 2 is 1.95 bits per heavy atom. The quantitative estimate of drug-likeness (QED) is 0.719. The average Bonchev–Trinajstić information content (AvgIpc) is 2.36. The van der Waals surface area contributed by atoms with Crippen LogP contribution in [0.25, 0.3) is 0 Å². The van der Waals surface area contributed by atoms with Crippen LogP contribution in [0.5, 0.6) is 0 Å². The van der Waals surface area contributed by atoms with E-state index in [0.29, 0.717) is 12.0 Å². The second-order valence-electron chi connectivity index (χ2n) is 6.22. The molecule has 0 radical (unpaired) electrons. The summed E-state index contributed by atoms with van der Waals surface area (Å²) in [5, 5.41) is 3.31. The molecule has 0 saturated carbocycles. The van der Waals surface area contributed by atoms with Gasteiger partial charge in [-0.05, 0) is 51.2 Å². The minimum atomic E-state index is -0.180. The van der Waals surface area contributed by atoms with Crippen molar-refractivity contribution in [3.05, 3.63) is 0 Å². The average molecular weight is 270 g/mol. The second kappa shape index (κ2) is 7.85. The predicted molar refractivity (Wildman–Crippen MR) is 78.2 cm³/mol. The van der Waals surface area contributed by atoms with Gasteiger partial charge in [0.1, 0.15) is 6.04 Å². The standard InChI is InChI=1S/C15H30N2O2/c1-5-9-16-13(14(18)19-6-2)12-17-10-7-15(3,4)8-11-17/h13,16H,5-12H2,1-4H3. The molecule has 1 aliphatic rings. The summed E-state index contributed by atoms with van der Waals surface area (Å²) in [5.74, 6) is -0.110. The van der Waals surface area contributed by atoms with Crippen molar-refractivity contribution >= 4 is 5.97 Å². The molecule has 0 aromatic heterocycles. The molecule has 0 bridgehead atoms. The lowest BCUT2D eigenvalue weighted by Gasteiger charge is -2.38. The smallest absolute Gasteiger partial charge is 0.324 e. The molecule has 4 heteroatoms. The lowest BCUT2D eigenvalue weighted by Crippen LogP contribution is -2.49. The van der Waals surface area contributed by atoms with Crippen LogP contribution in [0.2, 0.25) is 0 Å². The number of likely N-dealkylation sites (tertiary alicyclic amines) is 1. The van der Waals surface area contributed by atoms with Crippen LogP contribution in [0.15, 0.2) is 0 Å². The number of rotatable bonds is 7. The number of piperidine rings is 1. The first kappa shape index (κ1) is 16.4. The molecule has 4 nitrogen and oxygen atoms in total. The van der Waals surface area contributed by atoms with Crippen LogP contribution in [0.1, 0.15) is 47.0 Å². The predicted octanol–water partition coefficient (Wildman–Crippen LogP) is 2.04. The van der Waals surface area contributed by atoms with Gasteiger partial charge >= 0.3 is 5.97 Å². The number of hydrogen-bond acceptors (Lipinski definition) is 4. The summed E-state index contributed by atoms with van der Waals surface area (Å²) < 4.78 is 5.16. The molecule has 1 atom stereocenters. The maximum atomic E-state index is 11.9. The van der Waals surface area contributed by atoms with Crippen molar-refractivity contribution in [2.45, 2.75) is 53.0 Å². The molecule has 1 rings (SSSR count). The van der Waals surface area contributed by atoms with Crippen LogP contribution < -0.4 is 5.32 Å². The van der Waals surface area contributed by atoms with Crippen molar-refractivity contribution in [1.82, 2.24) is 10.2 Å². The molecular formula is C15H30N2O2. The summed E-state index contributed by atoms with van der Waals surface area (Å²) in [5.41, 5.74) is 0.451. The third kappa shape index (κ3) is 5.91. The van der Waals surface area contributed by atoms with E-state index in [9.17, 15) is 4.79 Å². The van der Waals surface area contributed by atoms with Crippen molar-refractivity contribution in [1.29, 1.82) is 0 Å². The van der Waals surface area contributed by atoms with E-state index in [1.54, 1.807) is 0 Å². The van der Waals surface area contributed by atoms with Gasteiger partial charge < -0.3 is 15.0 Å². The molecule has 19 heavy (non-hydrogen) atoms. The summed E-state index contributed by atoms with van der Waals surface area (Å²) in [6.07, 6.45) is 3.44. The van der Waals surface area contributed by atoms with Crippen LogP contribution in [0.4, 0.5) is 0 Å². The van der Waals surface area contributed by atoms with Crippen molar-refractivity contribution in [3.8, 4) is 0 Å². The number of hydrogen-bond donors (Lipinski definition) is 1. The molecule has 0 aromatic carbocycles. The van der Waals surface area contributed by atoms with Crippen molar-refractivity contribution in [2.24, 2.45) is 5.41 Å². The molecule has 1 saturated heterocycles. The fraction of sp³-hybridized carbons (Fsp3) is 0.933. The van der Waals surface area contributed by atoms with Gasteiger partial charge in [-0.15, -0.1) is 0 Å². The Bertz CT molecular complexity index is 269. The molecule has 0 amide bonds. The monoisotopic (exact) mass is 270 g/mol. The molecule has 0 aliphatic carbocycles. The molecule has 1 fully saturated rings. The third-order valence-corrected chi connectivity index (χ3v) is 3.86. The first-order chi connectivity index (χ1) is 8.98. The normalized spacial score (nSPS) is 21.1. The Kier molecular flexibility index (Phi) is 6.80. The zero-order chi connectivity index (χ0) is 14.3. The van der Waals surface area contributed by atoms with E-state index in [-0.39, 0.29) is 12.0 Å². The highest BCUT2D eigenvalue weighted by Crippen LogP contribution is 2.29. The van der Waals surface area contributed by atoms with Crippen LogP contribution in [-0.4, -0.2) is 49.7 Å². The van der Waals surface area contributed by atoms with E-state index in [2.05, 4.69) is 31.0 Å². The number of nitrogens with one attached hydrogen (secondary N) is 1. The van der Waals surface area contributed by atoms with Gasteiger partial charge in [-0.25, -0.2) is 0 Å². The van der Waals surface area contributed by atoms with Gasteiger partial charge in [-0.2, -0.15) is 0 Å². The number of esters is 1. The topological polar surface area (TPSA) is 41.6 Å². The summed E-state index contributed by atoms with van der Waals surface area (Å²) in [6, 6.07) is -0.180. The highest BCUT2D eigenvalue weighted by molar-refractivity contribution is 5.76. The highest BCUT2D eigenvalue weighted by atomic mass is 16.5. The Balaban J connectivity index is 2.45. The van der Waals surface area contributed by atoms with E-state index in [4.69, 9.17) is 4.74 Å². The van der Waals surface area contributed by atoms with E-state index in [1.165, 1.54) is 12.8 Å². The van der Waals surface area contributed by atoms with E-state index in [1.807, 2.05) is 6.92 Å². The molecule has 1 N–H and O–H groups in total. The molecule has 0 aromatic rings. The molecule has 1 aliphatic heterocycles. The van der Waals surface area contributed by atoms with Crippen molar-refractivity contribution in [2.75, 3.05) is 32.8 Å². The zero-order valence-electron chi connectivity index (χ0n) is 13.0. The first-order valence-electron chi connectivity index (χ1n) is 7.61. The number of ether oxygens (including phenoxy) is 1. The Labute approximate surface area is 117 Å². The Hall–Kier alpha value is -0.610. The van der Waals surface area contributed by atoms with Gasteiger partial charge in [-0.1, -0.05) is 20.8 Å². The summed E-state index contributed by atoms with van der Waals surface area (Å²) in [7, 11) is 0. The van der Waals surface area contributed by atoms with E-state index < -0.39 is 0 Å².